The number of allylic oxidation sites excluding steroid dienone is 1. The van der Waals surface area contributed by atoms with Gasteiger partial charge in [0.25, 0.3) is 0 Å². The lowest BCUT2D eigenvalue weighted by molar-refractivity contribution is -0.162. The summed E-state index contributed by atoms with van der Waals surface area (Å²) in [5.41, 5.74) is -0.532. The molecule has 0 aliphatic rings. The molecule has 11 heteroatoms. The molecule has 0 fully saturated rings. The molecule has 0 spiro atoms. The molecule has 10 nitrogen and oxygen atoms in total. The Bertz CT molecular complexity index is 884. The Hall–Kier alpha value is -2.68. The number of carboxylic acids is 1. The zero-order valence-corrected chi connectivity index (χ0v) is 20.8. The Labute approximate surface area is 193 Å². The monoisotopic (exact) mass is 486 g/mol. The maximum absolute atomic E-state index is 13.1. The van der Waals surface area contributed by atoms with Crippen LogP contribution in [0.15, 0.2) is 30.3 Å². The first-order valence-corrected chi connectivity index (χ1v) is 11.4. The highest BCUT2D eigenvalue weighted by Gasteiger charge is 2.32. The highest BCUT2D eigenvalue weighted by molar-refractivity contribution is 7.48. The van der Waals surface area contributed by atoms with Gasteiger partial charge in [-0.1, -0.05) is 12.1 Å². The number of phosphoric ester groups is 1. The third-order valence-electron chi connectivity index (χ3n) is 3.89. The average molecular weight is 486 g/mol. The molecule has 0 atom stereocenters. The normalized spacial score (nSPS) is 12.8. The van der Waals surface area contributed by atoms with Crippen LogP contribution in [0.2, 0.25) is 0 Å². The van der Waals surface area contributed by atoms with E-state index in [1.54, 1.807) is 60.6 Å². The molecular formula is C22H31O10P. The molecule has 33 heavy (non-hydrogen) atoms. The zero-order chi connectivity index (χ0) is 25.4. The molecule has 0 saturated heterocycles. The maximum atomic E-state index is 13.1. The van der Waals surface area contributed by atoms with E-state index in [1.807, 2.05) is 0 Å². The van der Waals surface area contributed by atoms with E-state index in [2.05, 4.69) is 0 Å². The second kappa shape index (κ2) is 11.4. The summed E-state index contributed by atoms with van der Waals surface area (Å²) < 4.78 is 38.5. The second-order valence-corrected chi connectivity index (χ2v) is 10.7. The Morgan fingerprint density at radius 1 is 0.879 bits per heavy atom. The molecule has 0 heterocycles. The van der Waals surface area contributed by atoms with Crippen molar-refractivity contribution in [3.05, 3.63) is 35.9 Å². The van der Waals surface area contributed by atoms with E-state index < -0.39 is 50.1 Å². The molecule has 1 N–H and O–H groups in total. The van der Waals surface area contributed by atoms with Crippen LogP contribution in [0, 0.1) is 10.8 Å². The lowest BCUT2D eigenvalue weighted by Gasteiger charge is -2.21. The van der Waals surface area contributed by atoms with Crippen molar-refractivity contribution in [1.82, 2.24) is 0 Å². The Balaban J connectivity index is 2.94. The lowest BCUT2D eigenvalue weighted by Crippen LogP contribution is -2.25. The van der Waals surface area contributed by atoms with Crippen molar-refractivity contribution in [3.8, 4) is 5.75 Å². The van der Waals surface area contributed by atoms with Gasteiger partial charge < -0.3 is 19.1 Å². The van der Waals surface area contributed by atoms with Crippen LogP contribution in [0.25, 0.3) is 5.57 Å². The molecule has 1 rings (SSSR count). The third-order valence-corrected chi connectivity index (χ3v) is 5.17. The number of phosphoric acid groups is 1. The van der Waals surface area contributed by atoms with Gasteiger partial charge in [0.05, 0.1) is 10.8 Å². The molecule has 1 aromatic rings. The number of aliphatic carboxylic acids is 1. The van der Waals surface area contributed by atoms with Crippen molar-refractivity contribution in [2.24, 2.45) is 10.8 Å². The van der Waals surface area contributed by atoms with Crippen molar-refractivity contribution in [2.75, 3.05) is 13.6 Å². The van der Waals surface area contributed by atoms with Crippen molar-refractivity contribution < 1.29 is 47.1 Å². The highest BCUT2D eigenvalue weighted by Crippen LogP contribution is 2.49. The summed E-state index contributed by atoms with van der Waals surface area (Å²) in [6.07, 6.45) is 1.04. The quantitative estimate of drug-likeness (QED) is 0.213. The van der Waals surface area contributed by atoms with Crippen LogP contribution in [0.3, 0.4) is 0 Å². The van der Waals surface area contributed by atoms with Crippen molar-refractivity contribution in [2.45, 2.75) is 48.5 Å². The number of carbonyl (C=O) groups excluding carboxylic acids is 2. The smallest absolute Gasteiger partial charge is 0.478 e. The minimum absolute atomic E-state index is 0.0644. The second-order valence-electron chi connectivity index (χ2n) is 9.09. The van der Waals surface area contributed by atoms with Crippen LogP contribution in [-0.4, -0.2) is 36.6 Å². The van der Waals surface area contributed by atoms with Crippen LogP contribution in [-0.2, 0) is 37.5 Å². The molecule has 0 aromatic heterocycles. The molecule has 0 unspecified atom stereocenters. The standard InChI is InChI=1S/C22H31O10P/c1-15(12-18(23)24)16-8-10-17(11-9-16)32-33(27,30-13-28-19(25)21(2,3)4)31-14-29-20(26)22(5,6)7/h8-12H,13-14H2,1-7H3,(H,23,24)/b15-12-. The van der Waals surface area contributed by atoms with Gasteiger partial charge in [0.15, 0.2) is 0 Å². The lowest BCUT2D eigenvalue weighted by atomic mass is 9.98. The first-order valence-electron chi connectivity index (χ1n) is 9.98. The zero-order valence-electron chi connectivity index (χ0n) is 19.9. The van der Waals surface area contributed by atoms with Crippen LogP contribution in [0.5, 0.6) is 5.75 Å². The fourth-order valence-corrected chi connectivity index (χ4v) is 2.91. The Morgan fingerprint density at radius 3 is 1.67 bits per heavy atom. The van der Waals surface area contributed by atoms with Crippen LogP contribution < -0.4 is 4.52 Å². The van der Waals surface area contributed by atoms with E-state index in [9.17, 15) is 18.9 Å². The van der Waals surface area contributed by atoms with Gasteiger partial charge in [0.2, 0.25) is 13.6 Å². The van der Waals surface area contributed by atoms with E-state index in [4.69, 9.17) is 28.2 Å². The molecule has 0 bridgehead atoms. The topological polar surface area (TPSA) is 135 Å². The molecule has 0 aliphatic heterocycles. The van der Waals surface area contributed by atoms with E-state index >= 15 is 0 Å². The van der Waals surface area contributed by atoms with Gasteiger partial charge in [-0.15, -0.1) is 0 Å². The minimum Gasteiger partial charge on any atom is -0.478 e. The summed E-state index contributed by atoms with van der Waals surface area (Å²) in [5.74, 6) is -2.22. The number of hydrogen-bond acceptors (Lipinski definition) is 9. The van der Waals surface area contributed by atoms with Crippen LogP contribution >= 0.6 is 7.82 Å². The molecule has 0 radical (unpaired) electrons. The van der Waals surface area contributed by atoms with Crippen molar-refractivity contribution in [3.63, 3.8) is 0 Å². The molecular weight excluding hydrogens is 455 g/mol. The Morgan fingerprint density at radius 2 is 1.30 bits per heavy atom. The van der Waals surface area contributed by atoms with Gasteiger partial charge in [0, 0.05) is 6.08 Å². The Kier molecular flexibility index (Phi) is 9.84. The van der Waals surface area contributed by atoms with E-state index in [0.717, 1.165) is 6.08 Å². The first-order chi connectivity index (χ1) is 15.0. The minimum atomic E-state index is -4.38. The van der Waals surface area contributed by atoms with Crippen molar-refractivity contribution in [1.29, 1.82) is 0 Å². The van der Waals surface area contributed by atoms with E-state index in [-0.39, 0.29) is 5.75 Å². The number of ether oxygens (including phenoxy) is 2. The van der Waals surface area contributed by atoms with Crippen LogP contribution in [0.4, 0.5) is 0 Å². The number of carboxylic acid groups (broad SMARTS) is 1. The largest absolute Gasteiger partial charge is 0.535 e. The summed E-state index contributed by atoms with van der Waals surface area (Å²) in [4.78, 5) is 34.6. The number of benzene rings is 1. The van der Waals surface area contributed by atoms with E-state index in [1.165, 1.54) is 12.1 Å². The predicted octanol–water partition coefficient (Wildman–Crippen LogP) is 4.79. The van der Waals surface area contributed by atoms with Gasteiger partial charge in [-0.3, -0.25) is 9.59 Å². The number of rotatable bonds is 10. The fraction of sp³-hybridized carbons (Fsp3) is 0.500. The molecule has 184 valence electrons. The average Bonchev–Trinajstić information content (AvgIpc) is 2.66. The van der Waals surface area contributed by atoms with Crippen LogP contribution in [0.1, 0.15) is 54.0 Å². The molecule has 0 amide bonds. The molecule has 0 saturated carbocycles. The van der Waals surface area contributed by atoms with Gasteiger partial charge >= 0.3 is 25.7 Å². The summed E-state index contributed by atoms with van der Waals surface area (Å²) in [5, 5.41) is 8.85. The summed E-state index contributed by atoms with van der Waals surface area (Å²) in [7, 11) is -4.38. The van der Waals surface area contributed by atoms with Gasteiger partial charge in [0.1, 0.15) is 5.75 Å². The third kappa shape index (κ3) is 10.2. The summed E-state index contributed by atoms with van der Waals surface area (Å²) >= 11 is 0. The fourth-order valence-electron chi connectivity index (χ4n) is 1.99. The van der Waals surface area contributed by atoms with Gasteiger partial charge in [-0.2, -0.15) is 0 Å². The highest BCUT2D eigenvalue weighted by atomic mass is 31.2. The SMILES string of the molecule is C/C(=C/C(=O)O)c1ccc(OP(=O)(OCOC(=O)C(C)(C)C)OCOC(=O)C(C)(C)C)cc1. The molecule has 1 aromatic carbocycles. The van der Waals surface area contributed by atoms with Gasteiger partial charge in [-0.25, -0.2) is 18.4 Å². The number of esters is 2. The maximum Gasteiger partial charge on any atom is 0.535 e. The van der Waals surface area contributed by atoms with Gasteiger partial charge in [-0.05, 0) is 71.7 Å². The summed E-state index contributed by atoms with van der Waals surface area (Å²) in [6.45, 7) is 9.98. The first kappa shape index (κ1) is 28.4. The number of hydrogen-bond donors (Lipinski definition) is 1. The molecule has 0 aliphatic carbocycles. The predicted molar refractivity (Wildman–Crippen MR) is 119 cm³/mol. The van der Waals surface area contributed by atoms with E-state index in [0.29, 0.717) is 11.1 Å². The van der Waals surface area contributed by atoms with Crippen molar-refractivity contribution >= 4 is 31.3 Å². The number of carbonyl (C=O) groups is 3. The summed E-state index contributed by atoms with van der Waals surface area (Å²) in [6, 6.07) is 5.95.